The van der Waals surface area contributed by atoms with Crippen molar-refractivity contribution in [1.82, 2.24) is 20.1 Å². The van der Waals surface area contributed by atoms with Crippen LogP contribution >= 0.6 is 0 Å². The van der Waals surface area contributed by atoms with E-state index in [9.17, 15) is 13.2 Å². The molecule has 32 heavy (non-hydrogen) atoms. The summed E-state index contributed by atoms with van der Waals surface area (Å²) in [6.45, 7) is 4.11. The van der Waals surface area contributed by atoms with E-state index in [0.29, 0.717) is 17.6 Å². The summed E-state index contributed by atoms with van der Waals surface area (Å²) in [5.41, 5.74) is 2.40. The quantitative estimate of drug-likeness (QED) is 0.429. The van der Waals surface area contributed by atoms with Crippen molar-refractivity contribution in [3.8, 4) is 22.9 Å². The van der Waals surface area contributed by atoms with Crippen molar-refractivity contribution in [3.63, 3.8) is 0 Å². The molecule has 1 N–H and O–H groups in total. The number of fused-ring (bicyclic) bond motifs is 1. The van der Waals surface area contributed by atoms with Crippen LogP contribution in [0.15, 0.2) is 47.0 Å². The van der Waals surface area contributed by atoms with E-state index >= 15 is 0 Å². The van der Waals surface area contributed by atoms with Gasteiger partial charge in [-0.25, -0.2) is 4.98 Å². The number of imidazole rings is 1. The third-order valence-corrected chi connectivity index (χ3v) is 4.72. The first-order chi connectivity index (χ1) is 15.2. The highest BCUT2D eigenvalue weighted by Gasteiger charge is 2.31. The SMILES string of the molecule is CC(C)N(C)c1nc2ccc(-c3noc(COc4ccc(OC(F)(F)F)cc4)n3)cc2[nH]1. The summed E-state index contributed by atoms with van der Waals surface area (Å²) < 4.78 is 51.2. The molecule has 0 fully saturated rings. The molecule has 2 heterocycles. The molecule has 0 saturated carbocycles. The number of ether oxygens (including phenoxy) is 2. The summed E-state index contributed by atoms with van der Waals surface area (Å²) in [5, 5.41) is 3.97. The van der Waals surface area contributed by atoms with Crippen molar-refractivity contribution in [2.24, 2.45) is 0 Å². The van der Waals surface area contributed by atoms with Gasteiger partial charge in [0.2, 0.25) is 11.8 Å². The Morgan fingerprint density at radius 1 is 1.06 bits per heavy atom. The van der Waals surface area contributed by atoms with Crippen molar-refractivity contribution in [3.05, 3.63) is 48.4 Å². The van der Waals surface area contributed by atoms with Gasteiger partial charge in [-0.3, -0.25) is 0 Å². The topological polar surface area (TPSA) is 89.3 Å². The Morgan fingerprint density at radius 2 is 1.78 bits per heavy atom. The molecule has 0 atom stereocenters. The standard InChI is InChI=1S/C21H20F3N5O3/c1-12(2)29(3)20-25-16-9-4-13(10-17(16)26-20)19-27-18(32-28-19)11-30-14-5-7-15(8-6-14)31-21(22,23)24/h4-10,12H,11H2,1-3H3,(H,25,26). The number of nitrogens with one attached hydrogen (secondary N) is 1. The third kappa shape index (κ3) is 4.93. The largest absolute Gasteiger partial charge is 0.573 e. The van der Waals surface area contributed by atoms with Crippen LogP contribution in [0.2, 0.25) is 0 Å². The number of aromatic nitrogens is 4. The minimum atomic E-state index is -4.74. The molecule has 4 aromatic rings. The molecule has 0 unspecified atom stereocenters. The molecule has 8 nitrogen and oxygen atoms in total. The van der Waals surface area contributed by atoms with Crippen molar-refractivity contribution >= 4 is 17.0 Å². The molecule has 0 spiro atoms. The van der Waals surface area contributed by atoms with Crippen LogP contribution < -0.4 is 14.4 Å². The van der Waals surface area contributed by atoms with Crippen molar-refractivity contribution in [2.45, 2.75) is 32.9 Å². The lowest BCUT2D eigenvalue weighted by atomic mass is 10.2. The van der Waals surface area contributed by atoms with E-state index in [1.807, 2.05) is 30.1 Å². The maximum absolute atomic E-state index is 12.2. The monoisotopic (exact) mass is 447 g/mol. The second-order valence-electron chi connectivity index (χ2n) is 7.32. The van der Waals surface area contributed by atoms with Crippen LogP contribution in [0, 0.1) is 0 Å². The highest BCUT2D eigenvalue weighted by molar-refractivity contribution is 5.82. The Bertz CT molecular complexity index is 1200. The summed E-state index contributed by atoms with van der Waals surface area (Å²) in [5.74, 6) is 1.37. The Balaban J connectivity index is 1.42. The summed E-state index contributed by atoms with van der Waals surface area (Å²) in [4.78, 5) is 14.2. The van der Waals surface area contributed by atoms with Gasteiger partial charge in [-0.05, 0) is 56.3 Å². The Hall–Kier alpha value is -3.76. The summed E-state index contributed by atoms with van der Waals surface area (Å²) in [6, 6.07) is 10.9. The Morgan fingerprint density at radius 3 is 2.47 bits per heavy atom. The second-order valence-corrected chi connectivity index (χ2v) is 7.32. The molecule has 0 saturated heterocycles. The molecule has 168 valence electrons. The fourth-order valence-electron chi connectivity index (χ4n) is 2.86. The molecule has 0 aliphatic rings. The third-order valence-electron chi connectivity index (χ3n) is 4.72. The van der Waals surface area contributed by atoms with Gasteiger partial charge in [-0.2, -0.15) is 4.98 Å². The van der Waals surface area contributed by atoms with Gasteiger partial charge in [0.25, 0.3) is 5.89 Å². The van der Waals surface area contributed by atoms with E-state index in [1.54, 1.807) is 0 Å². The van der Waals surface area contributed by atoms with E-state index in [-0.39, 0.29) is 18.2 Å². The Labute approximate surface area is 181 Å². The predicted molar refractivity (Wildman–Crippen MR) is 110 cm³/mol. The highest BCUT2D eigenvalue weighted by Crippen LogP contribution is 2.26. The number of aromatic amines is 1. The normalized spacial score (nSPS) is 11.8. The average molecular weight is 447 g/mol. The molecular formula is C21H20F3N5O3. The number of alkyl halides is 3. The van der Waals surface area contributed by atoms with Crippen LogP contribution in [0.3, 0.4) is 0 Å². The number of H-pyrrole nitrogens is 1. The zero-order chi connectivity index (χ0) is 22.9. The molecule has 11 heteroatoms. The molecule has 0 bridgehead atoms. The summed E-state index contributed by atoms with van der Waals surface area (Å²) >= 11 is 0. The fourth-order valence-corrected chi connectivity index (χ4v) is 2.86. The van der Waals surface area contributed by atoms with E-state index in [2.05, 4.69) is 38.7 Å². The predicted octanol–water partition coefficient (Wildman–Crippen LogP) is 4.94. The van der Waals surface area contributed by atoms with Crippen molar-refractivity contribution in [1.29, 1.82) is 0 Å². The molecule has 0 amide bonds. The minimum absolute atomic E-state index is 0.0396. The smallest absolute Gasteiger partial charge is 0.484 e. The number of rotatable bonds is 7. The highest BCUT2D eigenvalue weighted by atomic mass is 19.4. The fraction of sp³-hybridized carbons (Fsp3) is 0.286. The number of anilines is 1. The number of hydrogen-bond acceptors (Lipinski definition) is 7. The van der Waals surface area contributed by atoms with Gasteiger partial charge < -0.3 is 23.9 Å². The molecule has 2 aromatic heterocycles. The molecule has 2 aromatic carbocycles. The van der Waals surface area contributed by atoms with Gasteiger partial charge in [0.1, 0.15) is 11.5 Å². The molecule has 0 aliphatic carbocycles. The molecule has 0 aliphatic heterocycles. The Kier molecular flexibility index (Phi) is 5.64. The van der Waals surface area contributed by atoms with E-state index < -0.39 is 6.36 Å². The number of halogens is 3. The van der Waals surface area contributed by atoms with E-state index in [0.717, 1.165) is 34.7 Å². The van der Waals surface area contributed by atoms with Crippen LogP contribution in [0.25, 0.3) is 22.4 Å². The van der Waals surface area contributed by atoms with Crippen LogP contribution in [0.5, 0.6) is 11.5 Å². The second kappa shape index (κ2) is 8.40. The van der Waals surface area contributed by atoms with Gasteiger partial charge in [-0.1, -0.05) is 5.16 Å². The van der Waals surface area contributed by atoms with Gasteiger partial charge in [-0.15, -0.1) is 13.2 Å². The van der Waals surface area contributed by atoms with Gasteiger partial charge >= 0.3 is 6.36 Å². The van der Waals surface area contributed by atoms with E-state index in [1.165, 1.54) is 12.1 Å². The number of benzene rings is 2. The molecule has 4 rings (SSSR count). The van der Waals surface area contributed by atoms with Crippen LogP contribution in [-0.2, 0) is 6.61 Å². The average Bonchev–Trinajstić information content (AvgIpc) is 3.38. The van der Waals surface area contributed by atoms with Crippen molar-refractivity contribution < 1.29 is 27.2 Å². The number of nitrogens with zero attached hydrogens (tertiary/aromatic N) is 4. The zero-order valence-corrected chi connectivity index (χ0v) is 17.5. The summed E-state index contributed by atoms with van der Waals surface area (Å²) in [6.07, 6.45) is -4.74. The number of hydrogen-bond donors (Lipinski definition) is 1. The molecular weight excluding hydrogens is 427 g/mol. The lowest BCUT2D eigenvalue weighted by molar-refractivity contribution is -0.274. The lowest BCUT2D eigenvalue weighted by Gasteiger charge is -2.19. The minimum Gasteiger partial charge on any atom is -0.484 e. The first kappa shape index (κ1) is 21.5. The van der Waals surface area contributed by atoms with Crippen LogP contribution in [-0.4, -0.2) is 39.6 Å². The van der Waals surface area contributed by atoms with E-state index in [4.69, 9.17) is 9.26 Å². The van der Waals surface area contributed by atoms with Crippen LogP contribution in [0.4, 0.5) is 19.1 Å². The molecule has 0 radical (unpaired) electrons. The maximum Gasteiger partial charge on any atom is 0.573 e. The first-order valence-corrected chi connectivity index (χ1v) is 9.72. The van der Waals surface area contributed by atoms with Gasteiger partial charge in [0.05, 0.1) is 11.0 Å². The summed E-state index contributed by atoms with van der Waals surface area (Å²) in [7, 11) is 1.96. The van der Waals surface area contributed by atoms with Crippen LogP contribution in [0.1, 0.15) is 19.7 Å². The zero-order valence-electron chi connectivity index (χ0n) is 17.5. The van der Waals surface area contributed by atoms with Gasteiger partial charge in [0.15, 0.2) is 6.61 Å². The maximum atomic E-state index is 12.2. The van der Waals surface area contributed by atoms with Gasteiger partial charge in [0, 0.05) is 18.7 Å². The lowest BCUT2D eigenvalue weighted by Crippen LogP contribution is -2.26. The van der Waals surface area contributed by atoms with Crippen molar-refractivity contribution in [2.75, 3.05) is 11.9 Å². The first-order valence-electron chi connectivity index (χ1n) is 9.72.